The monoisotopic (exact) mass is 222 g/mol. The second-order valence-electron chi connectivity index (χ2n) is 3.82. The average Bonchev–Trinajstić information content (AvgIpc) is 2.20. The van der Waals surface area contributed by atoms with E-state index >= 15 is 0 Å². The van der Waals surface area contributed by atoms with Gasteiger partial charge in [-0.3, -0.25) is 4.98 Å². The Balaban J connectivity index is 2.69. The normalized spacial score (nSPS) is 11.7. The Kier molecular flexibility index (Phi) is 3.60. The van der Waals surface area contributed by atoms with Gasteiger partial charge < -0.3 is 9.94 Å². The van der Waals surface area contributed by atoms with Gasteiger partial charge in [-0.1, -0.05) is 5.16 Å². The minimum atomic E-state index is -1.33. The van der Waals surface area contributed by atoms with Gasteiger partial charge in [-0.05, 0) is 32.9 Å². The topological polar surface area (TPSA) is 71.8 Å². The molecule has 0 aromatic carbocycles. The summed E-state index contributed by atoms with van der Waals surface area (Å²) < 4.78 is 0. The summed E-state index contributed by atoms with van der Waals surface area (Å²) in [6.07, 6.45) is 3.13. The van der Waals surface area contributed by atoms with E-state index in [2.05, 4.69) is 10.1 Å². The molecule has 0 amide bonds. The van der Waals surface area contributed by atoms with E-state index < -0.39 is 11.6 Å². The molecule has 0 bridgehead atoms. The highest BCUT2D eigenvalue weighted by Gasteiger charge is 2.29. The van der Waals surface area contributed by atoms with Gasteiger partial charge in [0.15, 0.2) is 0 Å². The number of carboxylic acids is 1. The maximum absolute atomic E-state index is 10.7. The number of rotatable bonds is 4. The van der Waals surface area contributed by atoms with Crippen LogP contribution in [0, 0.1) is 6.92 Å². The molecule has 16 heavy (non-hydrogen) atoms. The number of aromatic nitrogens is 1. The molecule has 5 nitrogen and oxygen atoms in total. The highest BCUT2D eigenvalue weighted by molar-refractivity contribution is 5.80. The number of carboxylic acid groups (broad SMARTS) is 1. The van der Waals surface area contributed by atoms with Crippen LogP contribution in [0.1, 0.15) is 25.1 Å². The van der Waals surface area contributed by atoms with Crippen molar-refractivity contribution in [2.24, 2.45) is 5.16 Å². The molecule has 0 spiro atoms. The van der Waals surface area contributed by atoms with Crippen LogP contribution in [0.25, 0.3) is 0 Å². The van der Waals surface area contributed by atoms with Crippen molar-refractivity contribution in [1.82, 2.24) is 4.98 Å². The summed E-state index contributed by atoms with van der Waals surface area (Å²) in [4.78, 5) is 19.7. The maximum Gasteiger partial charge on any atom is 0.350 e. The van der Waals surface area contributed by atoms with Gasteiger partial charge >= 0.3 is 5.97 Å². The van der Waals surface area contributed by atoms with Crippen LogP contribution < -0.4 is 0 Å². The fourth-order valence-corrected chi connectivity index (χ4v) is 0.887. The van der Waals surface area contributed by atoms with Crippen molar-refractivity contribution in [2.45, 2.75) is 26.4 Å². The molecular formula is C11H14N2O3. The van der Waals surface area contributed by atoms with Crippen LogP contribution in [0.2, 0.25) is 0 Å². The second kappa shape index (κ2) is 4.74. The Hall–Kier alpha value is -1.91. The van der Waals surface area contributed by atoms with Gasteiger partial charge in [-0.25, -0.2) is 4.79 Å². The van der Waals surface area contributed by atoms with Crippen molar-refractivity contribution in [2.75, 3.05) is 0 Å². The third-order valence-corrected chi connectivity index (χ3v) is 2.04. The molecule has 0 aliphatic heterocycles. The van der Waals surface area contributed by atoms with E-state index in [1.54, 1.807) is 12.3 Å². The highest BCUT2D eigenvalue weighted by Crippen LogP contribution is 2.09. The second-order valence-corrected chi connectivity index (χ2v) is 3.82. The number of aryl methyl sites for hydroxylation is 1. The molecule has 0 fully saturated rings. The molecule has 0 radical (unpaired) electrons. The Bertz CT molecular complexity index is 413. The van der Waals surface area contributed by atoms with Crippen molar-refractivity contribution >= 4 is 12.2 Å². The molecule has 1 rings (SSSR count). The van der Waals surface area contributed by atoms with E-state index in [0.717, 1.165) is 11.3 Å². The predicted octanol–water partition coefficient (Wildman–Crippen LogP) is 1.60. The molecule has 1 aromatic heterocycles. The summed E-state index contributed by atoms with van der Waals surface area (Å²) in [6, 6.07) is 3.60. The third kappa shape index (κ3) is 3.05. The first kappa shape index (κ1) is 12.2. The molecule has 0 aliphatic carbocycles. The number of carbonyl (C=O) groups is 1. The van der Waals surface area contributed by atoms with E-state index in [4.69, 9.17) is 9.94 Å². The number of aliphatic carboxylic acids is 1. The minimum absolute atomic E-state index is 0.795. The molecule has 86 valence electrons. The molecule has 1 aromatic rings. The van der Waals surface area contributed by atoms with Gasteiger partial charge in [0.2, 0.25) is 5.60 Å². The van der Waals surface area contributed by atoms with Gasteiger partial charge in [0.05, 0.1) is 6.21 Å². The lowest BCUT2D eigenvalue weighted by molar-refractivity contribution is -0.161. The number of hydrogen-bond acceptors (Lipinski definition) is 4. The van der Waals surface area contributed by atoms with Gasteiger partial charge in [-0.2, -0.15) is 0 Å². The third-order valence-electron chi connectivity index (χ3n) is 2.04. The summed E-state index contributed by atoms with van der Waals surface area (Å²) in [5, 5.41) is 12.4. The number of nitrogens with zero attached hydrogens (tertiary/aromatic N) is 2. The molecule has 0 saturated heterocycles. The fourth-order valence-electron chi connectivity index (χ4n) is 0.887. The van der Waals surface area contributed by atoms with Gasteiger partial charge in [0, 0.05) is 17.5 Å². The number of hydrogen-bond donors (Lipinski definition) is 1. The summed E-state index contributed by atoms with van der Waals surface area (Å²) >= 11 is 0. The van der Waals surface area contributed by atoms with E-state index in [9.17, 15) is 4.79 Å². The number of oxime groups is 1. The van der Waals surface area contributed by atoms with Crippen LogP contribution >= 0.6 is 0 Å². The first-order chi connectivity index (χ1) is 7.43. The number of pyridine rings is 1. The van der Waals surface area contributed by atoms with E-state index in [1.807, 2.05) is 13.0 Å². The van der Waals surface area contributed by atoms with Gasteiger partial charge in [0.25, 0.3) is 0 Å². The zero-order valence-electron chi connectivity index (χ0n) is 9.47. The summed E-state index contributed by atoms with van der Waals surface area (Å²) in [5.41, 5.74) is 0.277. The van der Waals surface area contributed by atoms with Crippen molar-refractivity contribution in [1.29, 1.82) is 0 Å². The fraction of sp³-hybridized carbons (Fsp3) is 0.364. The molecule has 0 saturated carbocycles. The van der Waals surface area contributed by atoms with E-state index in [0.29, 0.717) is 0 Å². The highest BCUT2D eigenvalue weighted by atomic mass is 16.7. The van der Waals surface area contributed by atoms with Gasteiger partial charge in [0.1, 0.15) is 0 Å². The van der Waals surface area contributed by atoms with Crippen molar-refractivity contribution in [3.63, 3.8) is 0 Å². The maximum atomic E-state index is 10.7. The molecule has 5 heteroatoms. The van der Waals surface area contributed by atoms with Crippen molar-refractivity contribution < 1.29 is 14.7 Å². The van der Waals surface area contributed by atoms with Crippen LogP contribution in [0.5, 0.6) is 0 Å². The Labute approximate surface area is 93.8 Å². The molecule has 1 heterocycles. The Morgan fingerprint density at radius 3 is 2.88 bits per heavy atom. The predicted molar refractivity (Wildman–Crippen MR) is 59.4 cm³/mol. The minimum Gasteiger partial charge on any atom is -0.478 e. The van der Waals surface area contributed by atoms with Crippen LogP contribution in [0.4, 0.5) is 0 Å². The zero-order chi connectivity index (χ0) is 12.2. The van der Waals surface area contributed by atoms with E-state index in [1.165, 1.54) is 20.1 Å². The van der Waals surface area contributed by atoms with Crippen molar-refractivity contribution in [3.05, 3.63) is 29.6 Å². The SMILES string of the molecule is Cc1ncccc1/C=N\OC(C)(C)C(=O)O. The average molecular weight is 222 g/mol. The van der Waals surface area contributed by atoms with Crippen LogP contribution in [0.3, 0.4) is 0 Å². The summed E-state index contributed by atoms with van der Waals surface area (Å²) in [7, 11) is 0. The molecule has 0 aliphatic rings. The first-order valence-corrected chi connectivity index (χ1v) is 4.80. The lowest BCUT2D eigenvalue weighted by atomic mass is 10.1. The Morgan fingerprint density at radius 2 is 2.31 bits per heavy atom. The molecule has 0 atom stereocenters. The summed E-state index contributed by atoms with van der Waals surface area (Å²) in [6.45, 7) is 4.70. The first-order valence-electron chi connectivity index (χ1n) is 4.80. The van der Waals surface area contributed by atoms with Crippen LogP contribution in [-0.4, -0.2) is 27.9 Å². The lowest BCUT2D eigenvalue weighted by Crippen LogP contribution is -2.32. The molecule has 1 N–H and O–H groups in total. The van der Waals surface area contributed by atoms with E-state index in [-0.39, 0.29) is 0 Å². The van der Waals surface area contributed by atoms with Crippen LogP contribution in [-0.2, 0) is 9.63 Å². The Morgan fingerprint density at radius 1 is 1.62 bits per heavy atom. The van der Waals surface area contributed by atoms with Gasteiger partial charge in [-0.15, -0.1) is 0 Å². The lowest BCUT2D eigenvalue weighted by Gasteiger charge is -2.15. The molecular weight excluding hydrogens is 208 g/mol. The quantitative estimate of drug-likeness (QED) is 0.620. The zero-order valence-corrected chi connectivity index (χ0v) is 9.47. The van der Waals surface area contributed by atoms with Crippen molar-refractivity contribution in [3.8, 4) is 0 Å². The smallest absolute Gasteiger partial charge is 0.350 e. The largest absolute Gasteiger partial charge is 0.478 e. The standard InChI is InChI=1S/C11H14N2O3/c1-8-9(5-4-6-12-8)7-13-16-11(2,3)10(14)15/h4-7H,1-3H3,(H,14,15)/b13-7-. The summed E-state index contributed by atoms with van der Waals surface area (Å²) in [5.74, 6) is -1.06. The van der Waals surface area contributed by atoms with Crippen LogP contribution in [0.15, 0.2) is 23.5 Å². The molecule has 0 unspecified atom stereocenters.